The minimum Gasteiger partial charge on any atom is -0.481 e. The van der Waals surface area contributed by atoms with Gasteiger partial charge in [-0.15, -0.1) is 0 Å². The van der Waals surface area contributed by atoms with Crippen molar-refractivity contribution in [2.24, 2.45) is 0 Å². The van der Waals surface area contributed by atoms with Crippen LogP contribution in [0.4, 0.5) is 4.79 Å². The predicted molar refractivity (Wildman–Crippen MR) is 74.2 cm³/mol. The van der Waals surface area contributed by atoms with Gasteiger partial charge >= 0.3 is 18.0 Å². The number of likely N-dealkylation sites (N-methyl/N-ethyl adjacent to an activating group) is 1. The molecule has 0 spiro atoms. The van der Waals surface area contributed by atoms with E-state index >= 15 is 0 Å². The fourth-order valence-corrected chi connectivity index (χ4v) is 1.32. The van der Waals surface area contributed by atoms with Gasteiger partial charge in [-0.2, -0.15) is 0 Å². The number of aliphatic carboxylic acids is 2. The molecule has 0 aliphatic rings. The smallest absolute Gasteiger partial charge is 0.326 e. The molecule has 1 unspecified atom stereocenters. The Hall–Kier alpha value is -1.87. The molecular weight excluding hydrogens is 282 g/mol. The first kappa shape index (κ1) is 19.1. The van der Waals surface area contributed by atoms with E-state index in [0.29, 0.717) is 13.2 Å². The summed E-state index contributed by atoms with van der Waals surface area (Å²) in [4.78, 5) is 34.7. The van der Waals surface area contributed by atoms with Crippen LogP contribution in [-0.2, 0) is 14.3 Å². The van der Waals surface area contributed by atoms with Crippen LogP contribution in [0.2, 0.25) is 0 Å². The van der Waals surface area contributed by atoms with E-state index in [1.54, 1.807) is 0 Å². The van der Waals surface area contributed by atoms with E-state index in [9.17, 15) is 14.4 Å². The second-order valence-electron chi connectivity index (χ2n) is 4.64. The molecule has 0 bridgehead atoms. The molecule has 0 aliphatic heterocycles. The third-order valence-electron chi connectivity index (χ3n) is 2.47. The minimum atomic E-state index is -1.27. The molecule has 9 nitrogen and oxygen atoms in total. The van der Waals surface area contributed by atoms with E-state index in [4.69, 9.17) is 14.9 Å². The number of carboxylic acids is 2. The van der Waals surface area contributed by atoms with Crippen LogP contribution in [0.1, 0.15) is 12.8 Å². The molecule has 122 valence electrons. The van der Waals surface area contributed by atoms with Crippen molar-refractivity contribution in [1.29, 1.82) is 0 Å². The Bertz CT molecular complexity index is 348. The first-order chi connectivity index (χ1) is 9.82. The number of hydrogen-bond acceptors (Lipinski definition) is 5. The molecule has 0 heterocycles. The molecule has 0 aromatic carbocycles. The fourth-order valence-electron chi connectivity index (χ4n) is 1.32. The average molecular weight is 305 g/mol. The largest absolute Gasteiger partial charge is 0.481 e. The number of carboxylic acid groups (broad SMARTS) is 2. The zero-order valence-electron chi connectivity index (χ0n) is 12.3. The number of amides is 2. The van der Waals surface area contributed by atoms with E-state index in [-0.39, 0.29) is 19.4 Å². The topological polar surface area (TPSA) is 128 Å². The van der Waals surface area contributed by atoms with Gasteiger partial charge in [0.1, 0.15) is 6.04 Å². The molecule has 0 saturated heterocycles. The molecule has 4 N–H and O–H groups in total. The Balaban J connectivity index is 3.83. The Morgan fingerprint density at radius 2 is 1.86 bits per heavy atom. The Morgan fingerprint density at radius 3 is 2.38 bits per heavy atom. The summed E-state index contributed by atoms with van der Waals surface area (Å²) in [5.41, 5.74) is 0. The van der Waals surface area contributed by atoms with E-state index < -0.39 is 24.0 Å². The SMILES string of the molecule is CN(C)CCOCCNC(=O)NC(CCC(=O)O)C(=O)O. The number of hydrogen-bond donors (Lipinski definition) is 4. The van der Waals surface area contributed by atoms with E-state index in [2.05, 4.69) is 10.6 Å². The highest BCUT2D eigenvalue weighted by atomic mass is 16.5. The predicted octanol–water partition coefficient (Wildman–Crippen LogP) is -0.818. The summed E-state index contributed by atoms with van der Waals surface area (Å²) < 4.78 is 5.25. The zero-order valence-corrected chi connectivity index (χ0v) is 12.3. The summed E-state index contributed by atoms with van der Waals surface area (Å²) in [5, 5.41) is 22.0. The highest BCUT2D eigenvalue weighted by molar-refractivity contribution is 5.82. The van der Waals surface area contributed by atoms with Crippen molar-refractivity contribution in [2.45, 2.75) is 18.9 Å². The number of rotatable bonds is 11. The first-order valence-electron chi connectivity index (χ1n) is 6.54. The minimum absolute atomic E-state index is 0.169. The monoisotopic (exact) mass is 305 g/mol. The van der Waals surface area contributed by atoms with E-state index in [1.165, 1.54) is 0 Å². The highest BCUT2D eigenvalue weighted by Gasteiger charge is 2.20. The number of nitrogens with one attached hydrogen (secondary N) is 2. The van der Waals surface area contributed by atoms with Crippen molar-refractivity contribution in [1.82, 2.24) is 15.5 Å². The van der Waals surface area contributed by atoms with Gasteiger partial charge in [0.05, 0.1) is 13.2 Å². The molecule has 2 amide bonds. The number of carbonyl (C=O) groups excluding carboxylic acids is 1. The molecule has 0 aromatic heterocycles. The third kappa shape index (κ3) is 11.6. The van der Waals surface area contributed by atoms with Crippen LogP contribution < -0.4 is 10.6 Å². The molecule has 1 atom stereocenters. The zero-order chi connectivity index (χ0) is 16.3. The van der Waals surface area contributed by atoms with Gasteiger partial charge in [0.15, 0.2) is 0 Å². The van der Waals surface area contributed by atoms with Crippen LogP contribution in [-0.4, -0.2) is 79.5 Å². The average Bonchev–Trinajstić information content (AvgIpc) is 2.37. The van der Waals surface area contributed by atoms with Crippen LogP contribution in [0.5, 0.6) is 0 Å². The molecule has 0 radical (unpaired) electrons. The van der Waals surface area contributed by atoms with Gasteiger partial charge in [-0.3, -0.25) is 4.79 Å². The molecule has 0 rings (SSSR count). The molecule has 0 aromatic rings. The molecule has 0 fully saturated rings. The number of ether oxygens (including phenoxy) is 1. The maximum absolute atomic E-state index is 11.4. The molecule has 9 heteroatoms. The van der Waals surface area contributed by atoms with E-state index in [1.807, 2.05) is 19.0 Å². The Kier molecular flexibility index (Phi) is 9.90. The second kappa shape index (κ2) is 10.9. The fraction of sp³-hybridized carbons (Fsp3) is 0.750. The van der Waals surface area contributed by atoms with Crippen molar-refractivity contribution in [3.8, 4) is 0 Å². The van der Waals surface area contributed by atoms with Crippen molar-refractivity contribution in [2.75, 3.05) is 40.4 Å². The van der Waals surface area contributed by atoms with Crippen molar-refractivity contribution in [3.05, 3.63) is 0 Å². The lowest BCUT2D eigenvalue weighted by molar-refractivity contribution is -0.140. The first-order valence-corrected chi connectivity index (χ1v) is 6.54. The van der Waals surface area contributed by atoms with Crippen LogP contribution >= 0.6 is 0 Å². The van der Waals surface area contributed by atoms with Gasteiger partial charge in [-0.25, -0.2) is 9.59 Å². The van der Waals surface area contributed by atoms with Gasteiger partial charge < -0.3 is 30.5 Å². The summed E-state index contributed by atoms with van der Waals surface area (Å²) in [6, 6.07) is -1.89. The number of nitrogens with zero attached hydrogens (tertiary/aromatic N) is 1. The van der Waals surface area contributed by atoms with Gasteiger partial charge in [0.2, 0.25) is 0 Å². The van der Waals surface area contributed by atoms with E-state index in [0.717, 1.165) is 6.54 Å². The summed E-state index contributed by atoms with van der Waals surface area (Å²) in [5.74, 6) is -2.38. The maximum Gasteiger partial charge on any atom is 0.326 e. The summed E-state index contributed by atoms with van der Waals surface area (Å²) in [6.07, 6.45) is -0.498. The molecule has 0 saturated carbocycles. The lowest BCUT2D eigenvalue weighted by atomic mass is 10.1. The summed E-state index contributed by atoms with van der Waals surface area (Å²) >= 11 is 0. The third-order valence-corrected chi connectivity index (χ3v) is 2.47. The number of urea groups is 1. The van der Waals surface area contributed by atoms with Crippen molar-refractivity contribution >= 4 is 18.0 Å². The van der Waals surface area contributed by atoms with Gasteiger partial charge in [0, 0.05) is 19.5 Å². The van der Waals surface area contributed by atoms with Gasteiger partial charge in [0.25, 0.3) is 0 Å². The normalized spacial score (nSPS) is 12.0. The van der Waals surface area contributed by atoms with Crippen molar-refractivity contribution < 1.29 is 29.3 Å². The van der Waals surface area contributed by atoms with Crippen LogP contribution in [0, 0.1) is 0 Å². The number of carbonyl (C=O) groups is 3. The standard InChI is InChI=1S/C12H23N3O6/c1-15(2)6-8-21-7-5-13-12(20)14-9(11(18)19)3-4-10(16)17/h9H,3-8H2,1-2H3,(H,16,17)(H,18,19)(H2,13,14,20). The summed E-state index contributed by atoms with van der Waals surface area (Å²) in [7, 11) is 3.83. The quantitative estimate of drug-likeness (QED) is 0.367. The van der Waals surface area contributed by atoms with Crippen LogP contribution in [0.25, 0.3) is 0 Å². The lowest BCUT2D eigenvalue weighted by Gasteiger charge is -2.14. The molecular formula is C12H23N3O6. The van der Waals surface area contributed by atoms with Crippen molar-refractivity contribution in [3.63, 3.8) is 0 Å². The Morgan fingerprint density at radius 1 is 1.19 bits per heavy atom. The van der Waals surface area contributed by atoms with Gasteiger partial charge in [-0.05, 0) is 20.5 Å². The maximum atomic E-state index is 11.4. The second-order valence-corrected chi connectivity index (χ2v) is 4.64. The highest BCUT2D eigenvalue weighted by Crippen LogP contribution is 1.97. The lowest BCUT2D eigenvalue weighted by Crippen LogP contribution is -2.46. The van der Waals surface area contributed by atoms with Crippen LogP contribution in [0.15, 0.2) is 0 Å². The Labute approximate surface area is 123 Å². The molecule has 21 heavy (non-hydrogen) atoms. The van der Waals surface area contributed by atoms with Gasteiger partial charge in [-0.1, -0.05) is 0 Å². The summed E-state index contributed by atoms with van der Waals surface area (Å²) in [6.45, 7) is 1.85. The molecule has 0 aliphatic carbocycles. The van der Waals surface area contributed by atoms with Crippen LogP contribution in [0.3, 0.4) is 0 Å².